The van der Waals surface area contributed by atoms with E-state index in [1.165, 1.54) is 5.56 Å². The summed E-state index contributed by atoms with van der Waals surface area (Å²) in [5.74, 6) is 0.148. The topological polar surface area (TPSA) is 20.2 Å². The second kappa shape index (κ2) is 5.16. The minimum atomic E-state index is -0.427. The quantitative estimate of drug-likeness (QED) is 0.867. The summed E-state index contributed by atoms with van der Waals surface area (Å²) in [6, 6.07) is 13.6. The standard InChI is InChI=1S/C16H14Cl2O/c17-14-6-3-7-15(18)13(14)9-11-8-10-4-1-2-5-12(10)16(11)19/h1-7,11,16,19H,8-9H2. The van der Waals surface area contributed by atoms with Gasteiger partial charge in [-0.25, -0.2) is 0 Å². The van der Waals surface area contributed by atoms with Crippen molar-refractivity contribution in [2.45, 2.75) is 18.9 Å². The zero-order valence-electron chi connectivity index (χ0n) is 10.3. The summed E-state index contributed by atoms with van der Waals surface area (Å²) in [7, 11) is 0. The van der Waals surface area contributed by atoms with Gasteiger partial charge in [-0.1, -0.05) is 53.5 Å². The molecule has 1 aliphatic rings. The predicted octanol–water partition coefficient (Wildman–Crippen LogP) is 4.44. The van der Waals surface area contributed by atoms with Gasteiger partial charge in [-0.2, -0.15) is 0 Å². The zero-order chi connectivity index (χ0) is 13.4. The average Bonchev–Trinajstić information content (AvgIpc) is 2.72. The molecule has 2 aromatic rings. The van der Waals surface area contributed by atoms with E-state index >= 15 is 0 Å². The molecule has 0 fully saturated rings. The molecule has 2 atom stereocenters. The lowest BCUT2D eigenvalue weighted by atomic mass is 9.94. The highest BCUT2D eigenvalue weighted by Gasteiger charge is 2.31. The lowest BCUT2D eigenvalue weighted by Crippen LogP contribution is -2.11. The van der Waals surface area contributed by atoms with Crippen LogP contribution in [-0.2, 0) is 12.8 Å². The monoisotopic (exact) mass is 292 g/mol. The van der Waals surface area contributed by atoms with E-state index in [2.05, 4.69) is 6.07 Å². The normalized spacial score (nSPS) is 21.4. The number of aliphatic hydroxyl groups excluding tert-OH is 1. The molecule has 3 rings (SSSR count). The maximum atomic E-state index is 10.4. The molecule has 0 radical (unpaired) electrons. The van der Waals surface area contributed by atoms with Gasteiger partial charge in [0.15, 0.2) is 0 Å². The Morgan fingerprint density at radius 2 is 1.68 bits per heavy atom. The van der Waals surface area contributed by atoms with Crippen LogP contribution in [0.25, 0.3) is 0 Å². The minimum Gasteiger partial charge on any atom is -0.388 e. The number of rotatable bonds is 2. The van der Waals surface area contributed by atoms with Crippen LogP contribution in [0.4, 0.5) is 0 Å². The maximum Gasteiger partial charge on any atom is 0.0827 e. The molecule has 0 amide bonds. The van der Waals surface area contributed by atoms with E-state index in [1.807, 2.05) is 36.4 Å². The molecule has 0 aromatic heterocycles. The summed E-state index contributed by atoms with van der Waals surface area (Å²) in [5.41, 5.74) is 3.20. The smallest absolute Gasteiger partial charge is 0.0827 e. The van der Waals surface area contributed by atoms with Crippen LogP contribution in [-0.4, -0.2) is 5.11 Å². The molecule has 98 valence electrons. The third-order valence-electron chi connectivity index (χ3n) is 3.83. The van der Waals surface area contributed by atoms with Crippen LogP contribution < -0.4 is 0 Å². The van der Waals surface area contributed by atoms with Gasteiger partial charge in [0.05, 0.1) is 6.10 Å². The summed E-state index contributed by atoms with van der Waals surface area (Å²) < 4.78 is 0. The van der Waals surface area contributed by atoms with Crippen molar-refractivity contribution >= 4 is 23.2 Å². The maximum absolute atomic E-state index is 10.4. The number of benzene rings is 2. The van der Waals surface area contributed by atoms with E-state index in [0.717, 1.165) is 17.5 Å². The fourth-order valence-electron chi connectivity index (χ4n) is 2.83. The molecule has 19 heavy (non-hydrogen) atoms. The Bertz CT molecular complexity index is 589. The van der Waals surface area contributed by atoms with E-state index in [9.17, 15) is 5.11 Å². The highest BCUT2D eigenvalue weighted by atomic mass is 35.5. The third-order valence-corrected chi connectivity index (χ3v) is 4.54. The summed E-state index contributed by atoms with van der Waals surface area (Å²) in [6.07, 6.45) is 1.15. The molecule has 0 heterocycles. The van der Waals surface area contributed by atoms with Crippen LogP contribution in [0.15, 0.2) is 42.5 Å². The van der Waals surface area contributed by atoms with Gasteiger partial charge < -0.3 is 5.11 Å². The summed E-state index contributed by atoms with van der Waals surface area (Å²) >= 11 is 12.4. The number of aliphatic hydroxyl groups is 1. The number of hydrogen-bond acceptors (Lipinski definition) is 1. The van der Waals surface area contributed by atoms with Gasteiger partial charge in [-0.15, -0.1) is 0 Å². The largest absolute Gasteiger partial charge is 0.388 e. The molecule has 0 saturated carbocycles. The van der Waals surface area contributed by atoms with Crippen LogP contribution in [0, 0.1) is 5.92 Å². The lowest BCUT2D eigenvalue weighted by Gasteiger charge is -2.16. The van der Waals surface area contributed by atoms with Crippen LogP contribution in [0.3, 0.4) is 0 Å². The Balaban J connectivity index is 1.87. The van der Waals surface area contributed by atoms with Crippen LogP contribution in [0.1, 0.15) is 22.8 Å². The van der Waals surface area contributed by atoms with Crippen LogP contribution >= 0.6 is 23.2 Å². The molecule has 2 aromatic carbocycles. The Morgan fingerprint density at radius 1 is 1.00 bits per heavy atom. The first kappa shape index (κ1) is 13.0. The van der Waals surface area contributed by atoms with Crippen molar-refractivity contribution in [3.8, 4) is 0 Å². The van der Waals surface area contributed by atoms with Crippen molar-refractivity contribution in [3.63, 3.8) is 0 Å². The van der Waals surface area contributed by atoms with Gasteiger partial charge in [0.1, 0.15) is 0 Å². The van der Waals surface area contributed by atoms with Crippen LogP contribution in [0.5, 0.6) is 0 Å². The fraction of sp³-hybridized carbons (Fsp3) is 0.250. The van der Waals surface area contributed by atoms with E-state index in [4.69, 9.17) is 23.2 Å². The fourth-order valence-corrected chi connectivity index (χ4v) is 3.38. The number of hydrogen-bond donors (Lipinski definition) is 1. The van der Waals surface area contributed by atoms with Crippen molar-refractivity contribution in [2.24, 2.45) is 5.92 Å². The minimum absolute atomic E-state index is 0.148. The molecule has 0 saturated heterocycles. The molecule has 1 aliphatic carbocycles. The van der Waals surface area contributed by atoms with Crippen molar-refractivity contribution in [1.29, 1.82) is 0 Å². The Kier molecular flexibility index (Phi) is 3.53. The molecular weight excluding hydrogens is 279 g/mol. The van der Waals surface area contributed by atoms with E-state index < -0.39 is 6.10 Å². The highest BCUT2D eigenvalue weighted by molar-refractivity contribution is 6.35. The summed E-state index contributed by atoms with van der Waals surface area (Å²) in [6.45, 7) is 0. The molecule has 3 heteroatoms. The third kappa shape index (κ3) is 2.38. The molecule has 1 N–H and O–H groups in total. The Morgan fingerprint density at radius 3 is 2.37 bits per heavy atom. The van der Waals surface area contributed by atoms with E-state index in [1.54, 1.807) is 0 Å². The van der Waals surface area contributed by atoms with Crippen molar-refractivity contribution in [2.75, 3.05) is 0 Å². The second-order valence-corrected chi connectivity index (χ2v) is 5.83. The molecule has 2 unspecified atom stereocenters. The van der Waals surface area contributed by atoms with Gasteiger partial charge in [0.2, 0.25) is 0 Å². The molecule has 1 nitrogen and oxygen atoms in total. The van der Waals surface area contributed by atoms with Crippen LogP contribution in [0.2, 0.25) is 10.0 Å². The lowest BCUT2D eigenvalue weighted by molar-refractivity contribution is 0.123. The number of halogens is 2. The van der Waals surface area contributed by atoms with Gasteiger partial charge in [0, 0.05) is 10.0 Å². The second-order valence-electron chi connectivity index (χ2n) is 5.01. The Hall–Kier alpha value is -1.02. The first-order chi connectivity index (χ1) is 9.16. The number of fused-ring (bicyclic) bond motifs is 1. The summed E-state index contributed by atoms with van der Waals surface area (Å²) in [5, 5.41) is 11.8. The molecule has 0 bridgehead atoms. The SMILES string of the molecule is OC1c2ccccc2CC1Cc1c(Cl)cccc1Cl. The highest BCUT2D eigenvalue weighted by Crippen LogP contribution is 2.39. The van der Waals surface area contributed by atoms with Crippen molar-refractivity contribution in [1.82, 2.24) is 0 Å². The van der Waals surface area contributed by atoms with Gasteiger partial charge in [-0.3, -0.25) is 0 Å². The van der Waals surface area contributed by atoms with Crippen molar-refractivity contribution in [3.05, 3.63) is 69.2 Å². The van der Waals surface area contributed by atoms with E-state index in [-0.39, 0.29) is 5.92 Å². The average molecular weight is 293 g/mol. The van der Waals surface area contributed by atoms with Crippen molar-refractivity contribution < 1.29 is 5.11 Å². The molecule has 0 aliphatic heterocycles. The van der Waals surface area contributed by atoms with E-state index in [0.29, 0.717) is 16.5 Å². The summed E-state index contributed by atoms with van der Waals surface area (Å²) in [4.78, 5) is 0. The molecule has 0 spiro atoms. The first-order valence-electron chi connectivity index (χ1n) is 6.35. The van der Waals surface area contributed by atoms with Gasteiger partial charge >= 0.3 is 0 Å². The first-order valence-corrected chi connectivity index (χ1v) is 7.11. The van der Waals surface area contributed by atoms with Gasteiger partial charge in [0.25, 0.3) is 0 Å². The zero-order valence-corrected chi connectivity index (χ0v) is 11.8. The predicted molar refractivity (Wildman–Crippen MR) is 78.8 cm³/mol. The molecular formula is C16H14Cl2O. The Labute approximate surface area is 122 Å². The van der Waals surface area contributed by atoms with Gasteiger partial charge in [-0.05, 0) is 47.6 Å².